The number of rotatable bonds is 8. The SMILES string of the molecule is CCNC(=NCC(C)(O)c1ccsc1)NCCCC1CC1. The quantitative estimate of drug-likeness (QED) is 0.393. The van der Waals surface area contributed by atoms with E-state index in [1.54, 1.807) is 11.3 Å². The van der Waals surface area contributed by atoms with Gasteiger partial charge >= 0.3 is 0 Å². The highest BCUT2D eigenvalue weighted by molar-refractivity contribution is 7.08. The third kappa shape index (κ3) is 5.67. The molecule has 1 aromatic heterocycles. The van der Waals surface area contributed by atoms with Crippen molar-refractivity contribution in [2.24, 2.45) is 10.9 Å². The van der Waals surface area contributed by atoms with Crippen molar-refractivity contribution < 1.29 is 5.11 Å². The van der Waals surface area contributed by atoms with Crippen molar-refractivity contribution in [1.82, 2.24) is 10.6 Å². The molecule has 0 spiro atoms. The monoisotopic (exact) mass is 309 g/mol. The lowest BCUT2D eigenvalue weighted by Crippen LogP contribution is -2.39. The molecular formula is C16H27N3OS. The van der Waals surface area contributed by atoms with Crippen LogP contribution in [0.4, 0.5) is 0 Å². The van der Waals surface area contributed by atoms with Crippen molar-refractivity contribution in [1.29, 1.82) is 0 Å². The molecule has 1 fully saturated rings. The first kappa shape index (κ1) is 16.3. The van der Waals surface area contributed by atoms with Crippen LogP contribution in [-0.2, 0) is 5.60 Å². The molecule has 0 radical (unpaired) electrons. The van der Waals surface area contributed by atoms with Gasteiger partial charge in [-0.3, -0.25) is 0 Å². The molecule has 1 aliphatic rings. The standard InChI is InChI=1S/C16H27N3OS/c1-3-17-15(18-9-4-5-13-6-7-13)19-12-16(2,20)14-8-10-21-11-14/h8,10-11,13,20H,3-7,9,12H2,1-2H3,(H2,17,18,19). The zero-order chi connectivity index (χ0) is 15.1. The van der Waals surface area contributed by atoms with Crippen LogP contribution in [-0.4, -0.2) is 30.7 Å². The maximum Gasteiger partial charge on any atom is 0.191 e. The summed E-state index contributed by atoms with van der Waals surface area (Å²) in [6.45, 7) is 6.01. The smallest absolute Gasteiger partial charge is 0.191 e. The van der Waals surface area contributed by atoms with Crippen LogP contribution in [0.5, 0.6) is 0 Å². The van der Waals surface area contributed by atoms with Crippen LogP contribution >= 0.6 is 11.3 Å². The molecule has 4 nitrogen and oxygen atoms in total. The fraction of sp³-hybridized carbons (Fsp3) is 0.688. The van der Waals surface area contributed by atoms with Crippen LogP contribution < -0.4 is 10.6 Å². The third-order valence-electron chi connectivity index (χ3n) is 3.81. The number of hydrogen-bond donors (Lipinski definition) is 3. The Labute approximate surface area is 131 Å². The van der Waals surface area contributed by atoms with Gasteiger partial charge in [0.25, 0.3) is 0 Å². The van der Waals surface area contributed by atoms with Crippen LogP contribution in [0.25, 0.3) is 0 Å². The van der Waals surface area contributed by atoms with E-state index in [4.69, 9.17) is 0 Å². The first-order valence-corrected chi connectivity index (χ1v) is 8.83. The Bertz CT molecular complexity index is 438. The number of thiophene rings is 1. The Morgan fingerprint density at radius 2 is 2.29 bits per heavy atom. The van der Waals surface area contributed by atoms with Gasteiger partial charge in [-0.2, -0.15) is 11.3 Å². The van der Waals surface area contributed by atoms with E-state index in [1.165, 1.54) is 25.7 Å². The number of aliphatic imine (C=N–C) groups is 1. The maximum atomic E-state index is 10.5. The summed E-state index contributed by atoms with van der Waals surface area (Å²) in [5.41, 5.74) is 0.0249. The summed E-state index contributed by atoms with van der Waals surface area (Å²) >= 11 is 1.60. The predicted octanol–water partition coefficient (Wildman–Crippen LogP) is 2.70. The van der Waals surface area contributed by atoms with Crippen molar-refractivity contribution >= 4 is 17.3 Å². The van der Waals surface area contributed by atoms with Gasteiger partial charge in [-0.05, 0) is 55.0 Å². The molecule has 1 aliphatic carbocycles. The van der Waals surface area contributed by atoms with Gasteiger partial charge in [0, 0.05) is 13.1 Å². The van der Waals surface area contributed by atoms with Gasteiger partial charge in [0.1, 0.15) is 5.60 Å². The van der Waals surface area contributed by atoms with Gasteiger partial charge in [0.05, 0.1) is 6.54 Å². The lowest BCUT2D eigenvalue weighted by atomic mass is 10.00. The highest BCUT2D eigenvalue weighted by atomic mass is 32.1. The first-order valence-electron chi connectivity index (χ1n) is 7.89. The third-order valence-corrected chi connectivity index (χ3v) is 4.49. The molecule has 0 amide bonds. The zero-order valence-electron chi connectivity index (χ0n) is 13.1. The minimum Gasteiger partial charge on any atom is -0.383 e. The molecule has 3 N–H and O–H groups in total. The summed E-state index contributed by atoms with van der Waals surface area (Å²) in [7, 11) is 0. The number of nitrogens with one attached hydrogen (secondary N) is 2. The first-order chi connectivity index (χ1) is 10.1. The Morgan fingerprint density at radius 3 is 2.90 bits per heavy atom. The van der Waals surface area contributed by atoms with E-state index in [0.717, 1.165) is 30.5 Å². The maximum absolute atomic E-state index is 10.5. The van der Waals surface area contributed by atoms with E-state index < -0.39 is 5.60 Å². The molecule has 0 aliphatic heterocycles. The fourth-order valence-electron chi connectivity index (χ4n) is 2.24. The number of aliphatic hydroxyl groups is 1. The van der Waals surface area contributed by atoms with Crippen molar-refractivity contribution in [3.8, 4) is 0 Å². The number of nitrogens with zero attached hydrogens (tertiary/aromatic N) is 1. The Morgan fingerprint density at radius 1 is 1.48 bits per heavy atom. The average molecular weight is 309 g/mol. The second kappa shape index (κ2) is 7.80. The summed E-state index contributed by atoms with van der Waals surface area (Å²) in [6, 6.07) is 1.95. The molecule has 21 heavy (non-hydrogen) atoms. The lowest BCUT2D eigenvalue weighted by Gasteiger charge is -2.21. The molecule has 5 heteroatoms. The van der Waals surface area contributed by atoms with Crippen LogP contribution in [0, 0.1) is 5.92 Å². The summed E-state index contributed by atoms with van der Waals surface area (Å²) in [5, 5.41) is 21.0. The Balaban J connectivity index is 1.80. The van der Waals surface area contributed by atoms with Gasteiger partial charge in [-0.25, -0.2) is 4.99 Å². The van der Waals surface area contributed by atoms with Crippen molar-refractivity contribution in [3.05, 3.63) is 22.4 Å². The molecule has 118 valence electrons. The molecular weight excluding hydrogens is 282 g/mol. The highest BCUT2D eigenvalue weighted by Crippen LogP contribution is 2.33. The molecule has 1 heterocycles. The van der Waals surface area contributed by atoms with Gasteiger partial charge < -0.3 is 15.7 Å². The van der Waals surface area contributed by atoms with Crippen molar-refractivity contribution in [3.63, 3.8) is 0 Å². The summed E-state index contributed by atoms with van der Waals surface area (Å²) < 4.78 is 0. The summed E-state index contributed by atoms with van der Waals surface area (Å²) in [4.78, 5) is 4.52. The lowest BCUT2D eigenvalue weighted by molar-refractivity contribution is 0.0677. The Kier molecular flexibility index (Phi) is 6.06. The van der Waals surface area contributed by atoms with Crippen LogP contribution in [0.1, 0.15) is 45.1 Å². The molecule has 1 saturated carbocycles. The van der Waals surface area contributed by atoms with Crippen molar-refractivity contribution in [2.75, 3.05) is 19.6 Å². The van der Waals surface area contributed by atoms with E-state index >= 15 is 0 Å². The molecule has 2 rings (SSSR count). The predicted molar refractivity (Wildman–Crippen MR) is 89.8 cm³/mol. The van der Waals surface area contributed by atoms with Gasteiger partial charge in [-0.1, -0.05) is 12.8 Å². The van der Waals surface area contributed by atoms with Crippen LogP contribution in [0.2, 0.25) is 0 Å². The minimum absolute atomic E-state index is 0.363. The molecule has 0 aromatic carbocycles. The van der Waals surface area contributed by atoms with E-state index in [2.05, 4.69) is 22.5 Å². The van der Waals surface area contributed by atoms with E-state index in [9.17, 15) is 5.11 Å². The summed E-state index contributed by atoms with van der Waals surface area (Å²) in [5.74, 6) is 1.77. The fourth-order valence-corrected chi connectivity index (χ4v) is 3.02. The van der Waals surface area contributed by atoms with E-state index in [-0.39, 0.29) is 0 Å². The molecule has 1 atom stereocenters. The molecule has 0 bridgehead atoms. The molecule has 0 saturated heterocycles. The molecule has 1 unspecified atom stereocenters. The second-order valence-corrected chi connectivity index (χ2v) is 6.77. The second-order valence-electron chi connectivity index (χ2n) is 5.99. The van der Waals surface area contributed by atoms with E-state index in [1.807, 2.05) is 23.8 Å². The number of hydrogen-bond acceptors (Lipinski definition) is 3. The van der Waals surface area contributed by atoms with Crippen LogP contribution in [0.3, 0.4) is 0 Å². The molecule has 1 aromatic rings. The number of guanidine groups is 1. The minimum atomic E-state index is -0.906. The topological polar surface area (TPSA) is 56.7 Å². The normalized spacial score (nSPS) is 18.3. The van der Waals surface area contributed by atoms with Crippen LogP contribution in [0.15, 0.2) is 21.8 Å². The Hall–Kier alpha value is -1.07. The zero-order valence-corrected chi connectivity index (χ0v) is 13.9. The highest BCUT2D eigenvalue weighted by Gasteiger charge is 2.23. The van der Waals surface area contributed by atoms with E-state index in [0.29, 0.717) is 6.54 Å². The largest absolute Gasteiger partial charge is 0.383 e. The summed E-state index contributed by atoms with van der Waals surface area (Å²) in [6.07, 6.45) is 5.34. The average Bonchev–Trinajstić information content (AvgIpc) is 3.10. The van der Waals surface area contributed by atoms with Gasteiger partial charge in [0.2, 0.25) is 0 Å². The van der Waals surface area contributed by atoms with Gasteiger partial charge in [-0.15, -0.1) is 0 Å². The van der Waals surface area contributed by atoms with Gasteiger partial charge in [0.15, 0.2) is 5.96 Å². The van der Waals surface area contributed by atoms with Crippen molar-refractivity contribution in [2.45, 2.75) is 45.1 Å².